The summed E-state index contributed by atoms with van der Waals surface area (Å²) in [6.45, 7) is 5.20. The van der Waals surface area contributed by atoms with E-state index < -0.39 is 0 Å². The summed E-state index contributed by atoms with van der Waals surface area (Å²) in [4.78, 5) is 29.4. The number of carbonyl (C=O) groups is 2. The fourth-order valence-electron chi connectivity index (χ4n) is 5.91. The van der Waals surface area contributed by atoms with E-state index in [1.54, 1.807) is 25.3 Å². The summed E-state index contributed by atoms with van der Waals surface area (Å²) < 4.78 is 5.25. The molecule has 7 heteroatoms. The Hall–Kier alpha value is -4.88. The number of rotatable bonds is 9. The average Bonchev–Trinajstić information content (AvgIpc) is 3.39. The van der Waals surface area contributed by atoms with Gasteiger partial charge in [-0.2, -0.15) is 0 Å². The highest BCUT2D eigenvalue weighted by atomic mass is 16.5. The average molecular weight is 587 g/mol. The number of fused-ring (bicyclic) bond motifs is 1. The molecule has 0 bridgehead atoms. The van der Waals surface area contributed by atoms with Gasteiger partial charge in [-0.15, -0.1) is 0 Å². The standard InChI is InChI=1S/C37H38N4O3/c1-25(27-13-18-31(44-2)19-14-27)38-36(42)29-15-20-33-32(23-29)34(37(43)40-33)35(28-9-5-3-6-10-28)39-30-16-11-26(12-17-30)24-41-21-7-4-8-22-41/h3,5-6,9-20,23,25,39H,4,7-8,21-22,24H2,1-2H3,(H,38,42)(H,40,43)/b35-34-/t25-/m1/s1. The predicted molar refractivity (Wildman–Crippen MR) is 176 cm³/mol. The summed E-state index contributed by atoms with van der Waals surface area (Å²) in [6.07, 6.45) is 3.85. The number of likely N-dealkylation sites (tertiary alicyclic amines) is 1. The number of piperidine rings is 1. The van der Waals surface area contributed by atoms with Crippen molar-refractivity contribution in [2.24, 2.45) is 0 Å². The van der Waals surface area contributed by atoms with Crippen LogP contribution in [-0.2, 0) is 11.3 Å². The van der Waals surface area contributed by atoms with Crippen molar-refractivity contribution in [3.8, 4) is 5.75 Å². The van der Waals surface area contributed by atoms with Gasteiger partial charge in [0.2, 0.25) is 0 Å². The maximum absolute atomic E-state index is 13.5. The van der Waals surface area contributed by atoms with Gasteiger partial charge in [-0.3, -0.25) is 14.5 Å². The molecule has 6 rings (SSSR count). The zero-order valence-corrected chi connectivity index (χ0v) is 25.2. The molecule has 1 saturated heterocycles. The number of anilines is 2. The first-order valence-corrected chi connectivity index (χ1v) is 15.3. The molecule has 0 spiro atoms. The van der Waals surface area contributed by atoms with E-state index in [1.165, 1.54) is 24.8 Å². The molecule has 1 atom stereocenters. The minimum absolute atomic E-state index is 0.211. The van der Waals surface area contributed by atoms with Crippen molar-refractivity contribution in [3.63, 3.8) is 0 Å². The third kappa shape index (κ3) is 6.53. The molecule has 3 N–H and O–H groups in total. The van der Waals surface area contributed by atoms with Gasteiger partial charge in [0.1, 0.15) is 5.75 Å². The van der Waals surface area contributed by atoms with Crippen LogP contribution in [-0.4, -0.2) is 36.9 Å². The third-order valence-electron chi connectivity index (χ3n) is 8.38. The van der Waals surface area contributed by atoms with Gasteiger partial charge in [-0.25, -0.2) is 0 Å². The SMILES string of the molecule is COc1ccc([C@@H](C)NC(=O)c2ccc3c(c2)/C(=C(/Nc2ccc(CN4CCCCC4)cc2)c2ccccc2)C(=O)N3)cc1. The van der Waals surface area contributed by atoms with Crippen LogP contribution >= 0.6 is 0 Å². The first kappa shape index (κ1) is 29.2. The Morgan fingerprint density at radius 2 is 1.61 bits per heavy atom. The number of ether oxygens (including phenoxy) is 1. The van der Waals surface area contributed by atoms with Gasteiger partial charge in [0, 0.05) is 29.0 Å². The Morgan fingerprint density at radius 3 is 2.32 bits per heavy atom. The molecule has 0 radical (unpaired) electrons. The van der Waals surface area contributed by atoms with Crippen LogP contribution in [0.25, 0.3) is 11.3 Å². The zero-order chi connectivity index (χ0) is 30.5. The molecule has 4 aromatic carbocycles. The van der Waals surface area contributed by atoms with E-state index >= 15 is 0 Å². The van der Waals surface area contributed by atoms with Crippen molar-refractivity contribution in [1.82, 2.24) is 10.2 Å². The lowest BCUT2D eigenvalue weighted by molar-refractivity contribution is -0.110. The van der Waals surface area contributed by atoms with Crippen LogP contribution in [0.3, 0.4) is 0 Å². The zero-order valence-electron chi connectivity index (χ0n) is 25.2. The first-order valence-electron chi connectivity index (χ1n) is 15.3. The Morgan fingerprint density at radius 1 is 0.886 bits per heavy atom. The van der Waals surface area contributed by atoms with Crippen molar-refractivity contribution >= 4 is 34.5 Å². The lowest BCUT2D eigenvalue weighted by Gasteiger charge is -2.26. The molecule has 7 nitrogen and oxygen atoms in total. The van der Waals surface area contributed by atoms with Gasteiger partial charge >= 0.3 is 0 Å². The van der Waals surface area contributed by atoms with Gasteiger partial charge in [-0.05, 0) is 92.0 Å². The van der Waals surface area contributed by atoms with E-state index in [2.05, 4.69) is 45.1 Å². The minimum Gasteiger partial charge on any atom is -0.497 e. The van der Waals surface area contributed by atoms with Crippen LogP contribution in [0.4, 0.5) is 11.4 Å². The molecule has 44 heavy (non-hydrogen) atoms. The number of hydrogen-bond acceptors (Lipinski definition) is 5. The van der Waals surface area contributed by atoms with E-state index in [-0.39, 0.29) is 17.9 Å². The van der Waals surface area contributed by atoms with Crippen LogP contribution in [0.5, 0.6) is 5.75 Å². The van der Waals surface area contributed by atoms with Crippen molar-refractivity contribution in [2.75, 3.05) is 30.8 Å². The number of methoxy groups -OCH3 is 1. The second-order valence-electron chi connectivity index (χ2n) is 11.5. The smallest absolute Gasteiger partial charge is 0.258 e. The summed E-state index contributed by atoms with van der Waals surface area (Å²) >= 11 is 0. The van der Waals surface area contributed by atoms with Crippen molar-refractivity contribution < 1.29 is 14.3 Å². The van der Waals surface area contributed by atoms with Crippen LogP contribution < -0.4 is 20.7 Å². The number of nitrogens with one attached hydrogen (secondary N) is 3. The molecule has 2 aliphatic heterocycles. The third-order valence-corrected chi connectivity index (χ3v) is 8.38. The molecule has 2 aliphatic rings. The van der Waals surface area contributed by atoms with E-state index in [4.69, 9.17) is 4.74 Å². The molecule has 4 aromatic rings. The molecule has 0 aliphatic carbocycles. The Labute approximate surface area is 258 Å². The number of carbonyl (C=O) groups excluding carboxylic acids is 2. The second kappa shape index (κ2) is 13.2. The van der Waals surface area contributed by atoms with Gasteiger partial charge in [0.05, 0.1) is 24.4 Å². The summed E-state index contributed by atoms with van der Waals surface area (Å²) in [6, 6.07) is 31.0. The molecule has 1 fully saturated rings. The summed E-state index contributed by atoms with van der Waals surface area (Å²) in [5.74, 6) is 0.337. The molecule has 2 heterocycles. The second-order valence-corrected chi connectivity index (χ2v) is 11.5. The van der Waals surface area contributed by atoms with E-state index in [0.717, 1.165) is 42.2 Å². The molecule has 2 amide bonds. The van der Waals surface area contributed by atoms with Crippen molar-refractivity contribution in [1.29, 1.82) is 0 Å². The lowest BCUT2D eigenvalue weighted by Crippen LogP contribution is -2.29. The van der Waals surface area contributed by atoms with Gasteiger partial charge < -0.3 is 20.7 Å². The van der Waals surface area contributed by atoms with Crippen LogP contribution in [0, 0.1) is 0 Å². The monoisotopic (exact) mass is 586 g/mol. The van der Waals surface area contributed by atoms with Gasteiger partial charge in [0.25, 0.3) is 11.8 Å². The molecular weight excluding hydrogens is 548 g/mol. The summed E-state index contributed by atoms with van der Waals surface area (Å²) in [7, 11) is 1.63. The normalized spacial score (nSPS) is 16.5. The van der Waals surface area contributed by atoms with Crippen LogP contribution in [0.1, 0.15) is 64.8 Å². The first-order chi connectivity index (χ1) is 21.5. The van der Waals surface area contributed by atoms with E-state index in [0.29, 0.717) is 28.1 Å². The highest BCUT2D eigenvalue weighted by molar-refractivity contribution is 6.37. The molecule has 224 valence electrons. The van der Waals surface area contributed by atoms with Gasteiger partial charge in [-0.1, -0.05) is 61.0 Å². The quantitative estimate of drug-likeness (QED) is 0.182. The topological polar surface area (TPSA) is 82.7 Å². The predicted octanol–water partition coefficient (Wildman–Crippen LogP) is 7.10. The Balaban J connectivity index is 1.28. The number of nitrogens with zero attached hydrogens (tertiary/aromatic N) is 1. The van der Waals surface area contributed by atoms with Crippen LogP contribution in [0.15, 0.2) is 97.1 Å². The Bertz CT molecular complexity index is 1660. The number of hydrogen-bond donors (Lipinski definition) is 3. The largest absolute Gasteiger partial charge is 0.497 e. The molecule has 0 saturated carbocycles. The maximum Gasteiger partial charge on any atom is 0.258 e. The van der Waals surface area contributed by atoms with Gasteiger partial charge in [0.15, 0.2) is 0 Å². The van der Waals surface area contributed by atoms with Crippen LogP contribution in [0.2, 0.25) is 0 Å². The Kier molecular flexibility index (Phi) is 8.75. The number of benzene rings is 4. The van der Waals surface area contributed by atoms with Crippen molar-refractivity contribution in [2.45, 2.75) is 38.8 Å². The fourth-order valence-corrected chi connectivity index (χ4v) is 5.91. The highest BCUT2D eigenvalue weighted by Gasteiger charge is 2.29. The minimum atomic E-state index is -0.215. The van der Waals surface area contributed by atoms with E-state index in [9.17, 15) is 9.59 Å². The summed E-state index contributed by atoms with van der Waals surface area (Å²) in [5.41, 5.74) is 7.05. The number of amides is 2. The molecule has 0 unspecified atom stereocenters. The van der Waals surface area contributed by atoms with E-state index in [1.807, 2.05) is 61.5 Å². The molecular formula is C37H38N4O3. The van der Waals surface area contributed by atoms with Crippen molar-refractivity contribution in [3.05, 3.63) is 125 Å². The lowest BCUT2D eigenvalue weighted by atomic mass is 9.98. The summed E-state index contributed by atoms with van der Waals surface area (Å²) in [5, 5.41) is 9.62. The fraction of sp³-hybridized carbons (Fsp3) is 0.243. The highest BCUT2D eigenvalue weighted by Crippen LogP contribution is 2.38. The molecule has 0 aromatic heterocycles. The maximum atomic E-state index is 13.5.